The van der Waals surface area contributed by atoms with Crippen molar-refractivity contribution in [2.24, 2.45) is 0 Å². The van der Waals surface area contributed by atoms with E-state index in [4.69, 9.17) is 4.74 Å². The number of ether oxygens (including phenoxy) is 1. The Morgan fingerprint density at radius 2 is 1.96 bits per heavy atom. The van der Waals surface area contributed by atoms with E-state index in [2.05, 4.69) is 0 Å². The van der Waals surface area contributed by atoms with E-state index in [-0.39, 0.29) is 25.4 Å². The number of urea groups is 1. The molecule has 0 aliphatic carbocycles. The third-order valence-electron chi connectivity index (χ3n) is 4.09. The van der Waals surface area contributed by atoms with Gasteiger partial charge in [0.15, 0.2) is 0 Å². The van der Waals surface area contributed by atoms with Crippen LogP contribution < -0.4 is 0 Å². The molecule has 1 aromatic rings. The smallest absolute Gasteiger partial charge is 0.335 e. The van der Waals surface area contributed by atoms with Gasteiger partial charge in [0.1, 0.15) is 0 Å². The number of hydrogen-bond acceptors (Lipinski definition) is 6. The summed E-state index contributed by atoms with van der Waals surface area (Å²) in [6, 6.07) is 3.24. The second-order valence-corrected chi connectivity index (χ2v) is 6.92. The number of rotatable bonds is 4. The van der Waals surface area contributed by atoms with Crippen LogP contribution in [0.5, 0.6) is 0 Å². The summed E-state index contributed by atoms with van der Waals surface area (Å²) in [7, 11) is 0. The molecule has 2 fully saturated rings. The van der Waals surface area contributed by atoms with Gasteiger partial charge in [0.05, 0.1) is 25.9 Å². The van der Waals surface area contributed by atoms with Gasteiger partial charge in [-0.05, 0) is 25.3 Å². The first-order valence-electron chi connectivity index (χ1n) is 7.52. The molecule has 0 radical (unpaired) electrons. The largest absolute Gasteiger partial charge is 0.376 e. The minimum atomic E-state index is -0.752. The maximum absolute atomic E-state index is 12.5. The molecule has 0 saturated carbocycles. The second-order valence-electron chi connectivity index (χ2n) is 5.89. The van der Waals surface area contributed by atoms with E-state index in [9.17, 15) is 14.4 Å². The standard InChI is InChI=1S/C15H19N3O4S/c1-10-8-22-11(2)6-16(10)9-18-14(20)13(19)17(15(18)21)7-12-4-3-5-23-12/h3-5,10-11H,6-9H2,1-2H3. The highest BCUT2D eigenvalue weighted by atomic mass is 32.1. The summed E-state index contributed by atoms with van der Waals surface area (Å²) in [5, 5.41) is 1.87. The normalized spacial score (nSPS) is 26.4. The first-order valence-corrected chi connectivity index (χ1v) is 8.40. The van der Waals surface area contributed by atoms with Crippen molar-refractivity contribution in [3.63, 3.8) is 0 Å². The quantitative estimate of drug-likeness (QED) is 0.608. The lowest BCUT2D eigenvalue weighted by Crippen LogP contribution is -2.53. The minimum Gasteiger partial charge on any atom is -0.376 e. The summed E-state index contributed by atoms with van der Waals surface area (Å²) < 4.78 is 5.54. The summed E-state index contributed by atoms with van der Waals surface area (Å²) in [4.78, 5) is 41.7. The molecule has 7 nitrogen and oxygen atoms in total. The number of imide groups is 2. The Hall–Kier alpha value is -1.77. The van der Waals surface area contributed by atoms with Crippen LogP contribution in [-0.4, -0.2) is 64.5 Å². The van der Waals surface area contributed by atoms with Crippen molar-refractivity contribution in [1.82, 2.24) is 14.7 Å². The monoisotopic (exact) mass is 337 g/mol. The van der Waals surface area contributed by atoms with Crippen LogP contribution in [0, 0.1) is 0 Å². The molecular weight excluding hydrogens is 318 g/mol. The van der Waals surface area contributed by atoms with Crippen molar-refractivity contribution < 1.29 is 19.1 Å². The molecular formula is C15H19N3O4S. The van der Waals surface area contributed by atoms with Crippen LogP contribution in [0.3, 0.4) is 0 Å². The first kappa shape index (κ1) is 16.1. The van der Waals surface area contributed by atoms with Crippen LogP contribution in [0.1, 0.15) is 18.7 Å². The van der Waals surface area contributed by atoms with Gasteiger partial charge in [-0.3, -0.25) is 19.4 Å². The lowest BCUT2D eigenvalue weighted by molar-refractivity contribution is -0.145. The Morgan fingerprint density at radius 3 is 2.65 bits per heavy atom. The van der Waals surface area contributed by atoms with Crippen molar-refractivity contribution in [3.8, 4) is 0 Å². The van der Waals surface area contributed by atoms with Gasteiger partial charge in [-0.15, -0.1) is 11.3 Å². The van der Waals surface area contributed by atoms with E-state index >= 15 is 0 Å². The second kappa shape index (κ2) is 6.38. The zero-order valence-corrected chi connectivity index (χ0v) is 13.9. The van der Waals surface area contributed by atoms with Crippen LogP contribution in [0.25, 0.3) is 0 Å². The molecule has 4 amide bonds. The fourth-order valence-electron chi connectivity index (χ4n) is 2.72. The van der Waals surface area contributed by atoms with Crippen LogP contribution in [0.4, 0.5) is 4.79 Å². The Kier molecular flexibility index (Phi) is 4.47. The lowest BCUT2D eigenvalue weighted by atomic mass is 10.2. The van der Waals surface area contributed by atoms with Crippen molar-refractivity contribution in [1.29, 1.82) is 0 Å². The Balaban J connectivity index is 1.71. The number of amides is 4. The topological polar surface area (TPSA) is 70.2 Å². The molecule has 2 aliphatic heterocycles. The van der Waals surface area contributed by atoms with Crippen LogP contribution in [0.2, 0.25) is 0 Å². The molecule has 0 aromatic carbocycles. The number of morpholine rings is 1. The van der Waals surface area contributed by atoms with Gasteiger partial charge >= 0.3 is 17.8 Å². The van der Waals surface area contributed by atoms with Crippen molar-refractivity contribution in [3.05, 3.63) is 22.4 Å². The Bertz CT molecular complexity index is 618. The summed E-state index contributed by atoms with van der Waals surface area (Å²) in [5.41, 5.74) is 0. The van der Waals surface area contributed by atoms with Gasteiger partial charge in [-0.2, -0.15) is 0 Å². The molecule has 0 spiro atoms. The minimum absolute atomic E-state index is 0.0388. The van der Waals surface area contributed by atoms with Gasteiger partial charge in [-0.1, -0.05) is 6.07 Å². The highest BCUT2D eigenvalue weighted by Gasteiger charge is 2.45. The van der Waals surface area contributed by atoms with Crippen LogP contribution >= 0.6 is 11.3 Å². The molecule has 23 heavy (non-hydrogen) atoms. The van der Waals surface area contributed by atoms with Gasteiger partial charge in [0.2, 0.25) is 0 Å². The summed E-state index contributed by atoms with van der Waals surface area (Å²) in [5.74, 6) is -1.50. The average Bonchev–Trinajstić information content (AvgIpc) is 3.10. The fraction of sp³-hybridized carbons (Fsp3) is 0.533. The predicted octanol–water partition coefficient (Wildman–Crippen LogP) is 1.11. The van der Waals surface area contributed by atoms with E-state index in [0.717, 1.165) is 14.7 Å². The zero-order valence-electron chi connectivity index (χ0n) is 13.1. The third kappa shape index (κ3) is 3.15. The molecule has 0 N–H and O–H groups in total. The fourth-order valence-corrected chi connectivity index (χ4v) is 3.42. The van der Waals surface area contributed by atoms with E-state index < -0.39 is 17.8 Å². The summed E-state index contributed by atoms with van der Waals surface area (Å²) >= 11 is 1.45. The number of hydrogen-bond donors (Lipinski definition) is 0. The zero-order chi connectivity index (χ0) is 16.6. The van der Waals surface area contributed by atoms with E-state index in [1.165, 1.54) is 11.3 Å². The molecule has 2 saturated heterocycles. The molecule has 8 heteroatoms. The van der Waals surface area contributed by atoms with Crippen LogP contribution in [0.15, 0.2) is 17.5 Å². The molecule has 2 unspecified atom stereocenters. The number of carbonyl (C=O) groups excluding carboxylic acids is 3. The van der Waals surface area contributed by atoms with Crippen molar-refractivity contribution >= 4 is 29.2 Å². The molecule has 3 rings (SSSR count). The molecule has 1 aromatic heterocycles. The van der Waals surface area contributed by atoms with Crippen LogP contribution in [-0.2, 0) is 20.9 Å². The highest BCUT2D eigenvalue weighted by molar-refractivity contribution is 7.09. The average molecular weight is 337 g/mol. The molecule has 2 atom stereocenters. The van der Waals surface area contributed by atoms with Gasteiger partial charge in [0, 0.05) is 17.5 Å². The maximum atomic E-state index is 12.5. The van der Waals surface area contributed by atoms with E-state index in [1.54, 1.807) is 0 Å². The Morgan fingerprint density at radius 1 is 1.22 bits per heavy atom. The summed E-state index contributed by atoms with van der Waals surface area (Å²) in [6.45, 7) is 5.36. The molecule has 124 valence electrons. The predicted molar refractivity (Wildman–Crippen MR) is 83.6 cm³/mol. The lowest BCUT2D eigenvalue weighted by Gasteiger charge is -2.37. The van der Waals surface area contributed by atoms with Gasteiger partial charge < -0.3 is 4.74 Å². The third-order valence-corrected chi connectivity index (χ3v) is 4.95. The first-order chi connectivity index (χ1) is 11.0. The summed E-state index contributed by atoms with van der Waals surface area (Å²) in [6.07, 6.45) is 0.0388. The van der Waals surface area contributed by atoms with Gasteiger partial charge in [0.25, 0.3) is 0 Å². The van der Waals surface area contributed by atoms with Crippen molar-refractivity contribution in [2.45, 2.75) is 32.5 Å². The van der Waals surface area contributed by atoms with E-state index in [1.807, 2.05) is 36.3 Å². The van der Waals surface area contributed by atoms with Crippen molar-refractivity contribution in [2.75, 3.05) is 19.8 Å². The molecule has 2 aliphatic rings. The molecule has 0 bridgehead atoms. The van der Waals surface area contributed by atoms with E-state index in [0.29, 0.717) is 13.2 Å². The number of thiophene rings is 1. The van der Waals surface area contributed by atoms with Gasteiger partial charge in [-0.25, -0.2) is 9.69 Å². The SMILES string of the molecule is CC1CN(CN2C(=O)C(=O)N(Cc3cccs3)C2=O)C(C)CO1. The number of nitrogens with zero attached hydrogens (tertiary/aromatic N) is 3. The highest BCUT2D eigenvalue weighted by Crippen LogP contribution is 2.20. The molecule has 3 heterocycles. The maximum Gasteiger partial charge on any atom is 0.335 e. The number of carbonyl (C=O) groups is 3. The Labute approximate surface area is 138 Å².